The lowest BCUT2D eigenvalue weighted by atomic mass is 10.1. The molecule has 1 aromatic rings. The van der Waals surface area contributed by atoms with Crippen LogP contribution in [0.2, 0.25) is 0 Å². The van der Waals surface area contributed by atoms with Gasteiger partial charge in [0.1, 0.15) is 11.9 Å². The number of carboxylic acid groups (broad SMARTS) is 1. The van der Waals surface area contributed by atoms with Crippen LogP contribution in [0.3, 0.4) is 0 Å². The van der Waals surface area contributed by atoms with Crippen molar-refractivity contribution in [3.8, 4) is 0 Å². The van der Waals surface area contributed by atoms with Crippen LogP contribution in [-0.2, 0) is 15.7 Å². The summed E-state index contributed by atoms with van der Waals surface area (Å²) in [7, 11) is 1.40. The number of alkyl halides is 3. The zero-order valence-electron chi connectivity index (χ0n) is 11.0. The molecule has 0 bridgehead atoms. The van der Waals surface area contributed by atoms with Crippen molar-refractivity contribution in [2.24, 2.45) is 0 Å². The van der Waals surface area contributed by atoms with Gasteiger partial charge in [0.15, 0.2) is 0 Å². The number of ether oxygens (including phenoxy) is 1. The van der Waals surface area contributed by atoms with Crippen LogP contribution in [0.15, 0.2) is 18.2 Å². The number of benzene rings is 1. The summed E-state index contributed by atoms with van der Waals surface area (Å²) in [6.45, 7) is 0.107. The van der Waals surface area contributed by atoms with Gasteiger partial charge in [0.2, 0.25) is 0 Å². The van der Waals surface area contributed by atoms with Crippen LogP contribution in [0, 0.1) is 5.82 Å². The van der Waals surface area contributed by atoms with Gasteiger partial charge in [-0.25, -0.2) is 9.18 Å². The Morgan fingerprint density at radius 3 is 2.57 bits per heavy atom. The Bertz CT molecular complexity index is 547. The van der Waals surface area contributed by atoms with Crippen LogP contribution in [0.25, 0.3) is 0 Å². The van der Waals surface area contributed by atoms with Gasteiger partial charge < -0.3 is 14.7 Å². The molecule has 0 spiro atoms. The monoisotopic (exact) mass is 307 g/mol. The second-order valence-electron chi connectivity index (χ2n) is 4.76. The average molecular weight is 307 g/mol. The lowest BCUT2D eigenvalue weighted by Gasteiger charge is -2.24. The third-order valence-electron chi connectivity index (χ3n) is 3.47. The first-order chi connectivity index (χ1) is 9.74. The minimum atomic E-state index is -4.65. The molecule has 2 rings (SSSR count). The van der Waals surface area contributed by atoms with Crippen LogP contribution in [-0.4, -0.2) is 36.9 Å². The minimum absolute atomic E-state index is 0.107. The molecular weight excluding hydrogens is 294 g/mol. The Hall–Kier alpha value is -1.83. The Labute approximate surface area is 117 Å². The number of hydrogen-bond donors (Lipinski definition) is 1. The molecule has 1 aliphatic heterocycles. The second kappa shape index (κ2) is 5.51. The Morgan fingerprint density at radius 1 is 1.43 bits per heavy atom. The fourth-order valence-electron chi connectivity index (χ4n) is 2.38. The molecule has 0 aromatic heterocycles. The van der Waals surface area contributed by atoms with Gasteiger partial charge in [-0.15, -0.1) is 0 Å². The summed E-state index contributed by atoms with van der Waals surface area (Å²) < 4.78 is 56.5. The molecule has 2 atom stereocenters. The standard InChI is InChI=1S/C13H13F4NO3/c1-21-8-5-11(12(19)20)18(6-8)10-3-2-7(4-9(10)14)13(15,16)17/h2-4,8,11H,5-6H2,1H3,(H,19,20). The smallest absolute Gasteiger partial charge is 0.416 e. The van der Waals surface area contributed by atoms with Gasteiger partial charge in [0.25, 0.3) is 0 Å². The molecule has 1 N–H and O–H groups in total. The highest BCUT2D eigenvalue weighted by atomic mass is 19.4. The predicted octanol–water partition coefficient (Wildman–Crippen LogP) is 2.52. The molecule has 4 nitrogen and oxygen atoms in total. The van der Waals surface area contributed by atoms with Gasteiger partial charge in [-0.05, 0) is 18.2 Å². The number of rotatable bonds is 3. The van der Waals surface area contributed by atoms with E-state index in [2.05, 4.69) is 0 Å². The first-order valence-corrected chi connectivity index (χ1v) is 6.13. The maximum Gasteiger partial charge on any atom is 0.416 e. The molecule has 0 amide bonds. The summed E-state index contributed by atoms with van der Waals surface area (Å²) in [4.78, 5) is 12.4. The maximum atomic E-state index is 13.9. The van der Waals surface area contributed by atoms with E-state index in [1.165, 1.54) is 12.0 Å². The summed E-state index contributed by atoms with van der Waals surface area (Å²) in [5, 5.41) is 9.13. The third kappa shape index (κ3) is 3.10. The summed E-state index contributed by atoms with van der Waals surface area (Å²) in [6, 6.07) is 1.03. The highest BCUT2D eigenvalue weighted by Crippen LogP contribution is 2.34. The van der Waals surface area contributed by atoms with Crippen LogP contribution < -0.4 is 4.90 Å². The summed E-state index contributed by atoms with van der Waals surface area (Å²) in [6.07, 6.45) is -4.91. The quantitative estimate of drug-likeness (QED) is 0.872. The first kappa shape index (κ1) is 15.6. The minimum Gasteiger partial charge on any atom is -0.480 e. The molecule has 2 unspecified atom stereocenters. The van der Waals surface area contributed by atoms with Crippen molar-refractivity contribution in [2.45, 2.75) is 24.7 Å². The molecule has 1 aromatic carbocycles. The highest BCUT2D eigenvalue weighted by Gasteiger charge is 2.39. The predicted molar refractivity (Wildman–Crippen MR) is 65.6 cm³/mol. The van der Waals surface area contributed by atoms with Crippen molar-refractivity contribution in [1.29, 1.82) is 0 Å². The number of hydrogen-bond acceptors (Lipinski definition) is 3. The Morgan fingerprint density at radius 2 is 2.10 bits per heavy atom. The molecule has 0 saturated carbocycles. The molecule has 1 heterocycles. The van der Waals surface area contributed by atoms with Crippen LogP contribution in [0.5, 0.6) is 0 Å². The van der Waals surface area contributed by atoms with Crippen molar-refractivity contribution in [3.05, 3.63) is 29.6 Å². The average Bonchev–Trinajstić information content (AvgIpc) is 2.81. The topological polar surface area (TPSA) is 49.8 Å². The van der Waals surface area contributed by atoms with E-state index < -0.39 is 35.7 Å². The molecule has 0 radical (unpaired) electrons. The van der Waals surface area contributed by atoms with Gasteiger partial charge in [0, 0.05) is 20.1 Å². The molecule has 0 aliphatic carbocycles. The molecule has 8 heteroatoms. The van der Waals surface area contributed by atoms with E-state index in [-0.39, 0.29) is 18.7 Å². The number of halogens is 4. The second-order valence-corrected chi connectivity index (χ2v) is 4.76. The van der Waals surface area contributed by atoms with Crippen LogP contribution >= 0.6 is 0 Å². The molecule has 1 aliphatic rings. The number of nitrogens with zero attached hydrogens (tertiary/aromatic N) is 1. The van der Waals surface area contributed by atoms with Gasteiger partial charge in [-0.2, -0.15) is 13.2 Å². The number of anilines is 1. The van der Waals surface area contributed by atoms with Gasteiger partial charge >= 0.3 is 12.1 Å². The van der Waals surface area contributed by atoms with Crippen molar-refractivity contribution in [2.75, 3.05) is 18.6 Å². The Kier molecular flexibility index (Phi) is 4.08. The lowest BCUT2D eigenvalue weighted by molar-refractivity contribution is -0.139. The van der Waals surface area contributed by atoms with Crippen molar-refractivity contribution in [3.63, 3.8) is 0 Å². The summed E-state index contributed by atoms with van der Waals surface area (Å²) >= 11 is 0. The SMILES string of the molecule is COC1CC(C(=O)O)N(c2ccc(C(F)(F)F)cc2F)C1. The fourth-order valence-corrected chi connectivity index (χ4v) is 2.38. The van der Waals surface area contributed by atoms with E-state index in [4.69, 9.17) is 9.84 Å². The van der Waals surface area contributed by atoms with Crippen molar-refractivity contribution in [1.82, 2.24) is 0 Å². The largest absolute Gasteiger partial charge is 0.480 e. The summed E-state index contributed by atoms with van der Waals surface area (Å²) in [5.41, 5.74) is -1.28. The van der Waals surface area contributed by atoms with Crippen LogP contribution in [0.4, 0.5) is 23.2 Å². The van der Waals surface area contributed by atoms with Gasteiger partial charge in [-0.1, -0.05) is 0 Å². The normalized spacial score (nSPS) is 22.6. The van der Waals surface area contributed by atoms with E-state index in [1.54, 1.807) is 0 Å². The maximum absolute atomic E-state index is 13.9. The fraction of sp³-hybridized carbons (Fsp3) is 0.462. The summed E-state index contributed by atoms with van der Waals surface area (Å²) in [5.74, 6) is -2.28. The van der Waals surface area contributed by atoms with Crippen molar-refractivity contribution < 1.29 is 32.2 Å². The zero-order valence-corrected chi connectivity index (χ0v) is 11.0. The molecule has 1 saturated heterocycles. The number of carbonyl (C=O) groups is 1. The lowest BCUT2D eigenvalue weighted by Crippen LogP contribution is -2.36. The van der Waals surface area contributed by atoms with E-state index in [1.807, 2.05) is 0 Å². The molecule has 21 heavy (non-hydrogen) atoms. The van der Waals surface area contributed by atoms with E-state index in [0.29, 0.717) is 6.07 Å². The highest BCUT2D eigenvalue weighted by molar-refractivity contribution is 5.79. The van der Waals surface area contributed by atoms with E-state index >= 15 is 0 Å². The number of methoxy groups -OCH3 is 1. The van der Waals surface area contributed by atoms with Gasteiger partial charge in [-0.3, -0.25) is 0 Å². The zero-order chi connectivity index (χ0) is 15.8. The third-order valence-corrected chi connectivity index (χ3v) is 3.47. The Balaban J connectivity index is 2.34. The molecular formula is C13H13F4NO3. The van der Waals surface area contributed by atoms with Crippen molar-refractivity contribution >= 4 is 11.7 Å². The number of aliphatic carboxylic acids is 1. The van der Waals surface area contributed by atoms with Crippen LogP contribution in [0.1, 0.15) is 12.0 Å². The van der Waals surface area contributed by atoms with E-state index in [0.717, 1.165) is 12.1 Å². The molecule has 116 valence electrons. The first-order valence-electron chi connectivity index (χ1n) is 6.13. The van der Waals surface area contributed by atoms with Gasteiger partial charge in [0.05, 0.1) is 17.4 Å². The molecule has 1 fully saturated rings. The van der Waals surface area contributed by atoms with E-state index in [9.17, 15) is 22.4 Å². The number of carboxylic acids is 1.